The molecular weight excluding hydrogens is 352 g/mol. The number of halogens is 1. The Labute approximate surface area is 148 Å². The monoisotopic (exact) mass is 374 g/mol. The van der Waals surface area contributed by atoms with Crippen molar-refractivity contribution in [3.8, 4) is 5.75 Å². The molecule has 1 unspecified atom stereocenters. The van der Waals surface area contributed by atoms with Crippen LogP contribution in [0, 0.1) is 0 Å². The molecule has 0 aliphatic carbocycles. The third kappa shape index (κ3) is 4.40. The molecule has 0 saturated carbocycles. The van der Waals surface area contributed by atoms with Crippen molar-refractivity contribution in [1.82, 2.24) is 9.62 Å². The van der Waals surface area contributed by atoms with Crippen LogP contribution in [0.4, 0.5) is 0 Å². The molecule has 1 saturated heterocycles. The Hall–Kier alpha value is -1.31. The minimum absolute atomic E-state index is 0.0732. The first-order valence-corrected chi connectivity index (χ1v) is 9.87. The van der Waals surface area contributed by atoms with Crippen molar-refractivity contribution in [2.75, 3.05) is 20.2 Å². The fourth-order valence-electron chi connectivity index (χ4n) is 2.95. The Morgan fingerprint density at radius 1 is 1.42 bits per heavy atom. The molecule has 1 fully saturated rings. The summed E-state index contributed by atoms with van der Waals surface area (Å²) in [5.74, 6) is -0.0186. The first kappa shape index (κ1) is 19.0. The van der Waals surface area contributed by atoms with Crippen molar-refractivity contribution < 1.29 is 17.9 Å². The second-order valence-electron chi connectivity index (χ2n) is 5.76. The largest absolute Gasteiger partial charge is 0.495 e. The number of carbonyl (C=O) groups excluding carboxylic acids is 1. The van der Waals surface area contributed by atoms with Crippen LogP contribution in [0.25, 0.3) is 0 Å². The summed E-state index contributed by atoms with van der Waals surface area (Å²) >= 11 is 5.88. The van der Waals surface area contributed by atoms with Crippen molar-refractivity contribution in [2.45, 2.75) is 43.5 Å². The van der Waals surface area contributed by atoms with Crippen molar-refractivity contribution in [1.29, 1.82) is 0 Å². The third-order valence-electron chi connectivity index (χ3n) is 4.25. The molecular formula is C16H23ClN2O4S. The molecule has 134 valence electrons. The SMILES string of the molecule is CCC1CCCCN1C(=O)CNS(=O)(=O)c1cc(Cl)ccc1OC. The Kier molecular flexibility index (Phi) is 6.48. The molecule has 1 aromatic carbocycles. The number of carbonyl (C=O) groups is 1. The van der Waals surface area contributed by atoms with Crippen molar-refractivity contribution in [3.05, 3.63) is 23.2 Å². The van der Waals surface area contributed by atoms with Crippen LogP contribution in [-0.4, -0.2) is 45.5 Å². The van der Waals surface area contributed by atoms with Gasteiger partial charge in [0, 0.05) is 17.6 Å². The summed E-state index contributed by atoms with van der Waals surface area (Å²) in [5, 5.41) is 0.282. The quantitative estimate of drug-likeness (QED) is 0.829. The van der Waals surface area contributed by atoms with E-state index in [9.17, 15) is 13.2 Å². The lowest BCUT2D eigenvalue weighted by atomic mass is 10.00. The van der Waals surface area contributed by atoms with Crippen LogP contribution in [0.15, 0.2) is 23.1 Å². The van der Waals surface area contributed by atoms with E-state index < -0.39 is 10.0 Å². The van der Waals surface area contributed by atoms with Crippen LogP contribution in [0.5, 0.6) is 5.75 Å². The van der Waals surface area contributed by atoms with Gasteiger partial charge in [-0.3, -0.25) is 4.79 Å². The number of amides is 1. The van der Waals surface area contributed by atoms with Crippen LogP contribution in [0.1, 0.15) is 32.6 Å². The standard InChI is InChI=1S/C16H23ClN2O4S/c1-3-13-6-4-5-9-19(13)16(20)11-18-24(21,22)15-10-12(17)7-8-14(15)23-2/h7-8,10,13,18H,3-6,9,11H2,1-2H3. The van der Waals surface area contributed by atoms with Crippen LogP contribution in [0.3, 0.4) is 0 Å². The molecule has 0 aromatic heterocycles. The molecule has 24 heavy (non-hydrogen) atoms. The Balaban J connectivity index is 2.10. The highest BCUT2D eigenvalue weighted by molar-refractivity contribution is 7.89. The van der Waals surface area contributed by atoms with Crippen LogP contribution in [0.2, 0.25) is 5.02 Å². The summed E-state index contributed by atoms with van der Waals surface area (Å²) in [6.07, 6.45) is 3.91. The van der Waals surface area contributed by atoms with Gasteiger partial charge in [0.15, 0.2) is 0 Å². The topological polar surface area (TPSA) is 75.7 Å². The van der Waals surface area contributed by atoms with Gasteiger partial charge in [0.25, 0.3) is 0 Å². The van der Waals surface area contributed by atoms with Gasteiger partial charge in [-0.2, -0.15) is 0 Å². The zero-order chi connectivity index (χ0) is 17.7. The molecule has 1 aliphatic heterocycles. The molecule has 1 amide bonds. The van der Waals surface area contributed by atoms with Crippen LogP contribution < -0.4 is 9.46 Å². The molecule has 1 N–H and O–H groups in total. The fourth-order valence-corrected chi connectivity index (χ4v) is 4.35. The molecule has 0 bridgehead atoms. The Morgan fingerprint density at radius 2 is 2.17 bits per heavy atom. The molecule has 0 radical (unpaired) electrons. The lowest BCUT2D eigenvalue weighted by Gasteiger charge is -2.35. The summed E-state index contributed by atoms with van der Waals surface area (Å²) < 4.78 is 32.4. The zero-order valence-electron chi connectivity index (χ0n) is 13.9. The molecule has 8 heteroatoms. The molecule has 1 aromatic rings. The second-order valence-corrected chi connectivity index (χ2v) is 7.94. The van der Waals surface area contributed by atoms with Crippen molar-refractivity contribution >= 4 is 27.5 Å². The van der Waals surface area contributed by atoms with E-state index in [0.29, 0.717) is 6.54 Å². The molecule has 1 heterocycles. The van der Waals surface area contributed by atoms with Gasteiger partial charge in [-0.25, -0.2) is 13.1 Å². The summed E-state index contributed by atoms with van der Waals surface area (Å²) in [7, 11) is -2.51. The van der Waals surface area contributed by atoms with Gasteiger partial charge >= 0.3 is 0 Å². The number of ether oxygens (including phenoxy) is 1. The Bertz CT molecular complexity index is 693. The van der Waals surface area contributed by atoms with E-state index in [-0.39, 0.29) is 34.2 Å². The van der Waals surface area contributed by atoms with E-state index in [2.05, 4.69) is 4.72 Å². The average molecular weight is 375 g/mol. The summed E-state index contributed by atoms with van der Waals surface area (Å²) in [4.78, 5) is 14.1. The number of hydrogen-bond donors (Lipinski definition) is 1. The van der Waals surface area contributed by atoms with Gasteiger partial charge in [-0.05, 0) is 43.9 Å². The van der Waals surface area contributed by atoms with Gasteiger partial charge < -0.3 is 9.64 Å². The highest BCUT2D eigenvalue weighted by Crippen LogP contribution is 2.27. The highest BCUT2D eigenvalue weighted by atomic mass is 35.5. The van der Waals surface area contributed by atoms with Crippen molar-refractivity contribution in [2.24, 2.45) is 0 Å². The number of rotatable bonds is 6. The number of methoxy groups -OCH3 is 1. The molecule has 0 spiro atoms. The maximum atomic E-state index is 12.5. The van der Waals surface area contributed by atoms with Crippen LogP contribution in [-0.2, 0) is 14.8 Å². The van der Waals surface area contributed by atoms with Gasteiger partial charge in [-0.1, -0.05) is 18.5 Å². The second kappa shape index (κ2) is 8.18. The summed E-state index contributed by atoms with van der Waals surface area (Å²) in [6.45, 7) is 2.45. The molecule has 1 atom stereocenters. The number of benzene rings is 1. The minimum atomic E-state index is -3.89. The van der Waals surface area contributed by atoms with Gasteiger partial charge in [-0.15, -0.1) is 0 Å². The highest BCUT2D eigenvalue weighted by Gasteiger charge is 2.27. The maximum absolute atomic E-state index is 12.5. The smallest absolute Gasteiger partial charge is 0.244 e. The fraction of sp³-hybridized carbons (Fsp3) is 0.562. The minimum Gasteiger partial charge on any atom is -0.495 e. The maximum Gasteiger partial charge on any atom is 0.244 e. The van der Waals surface area contributed by atoms with E-state index in [1.165, 1.54) is 19.2 Å². The lowest BCUT2D eigenvalue weighted by Crippen LogP contribution is -2.47. The van der Waals surface area contributed by atoms with Gasteiger partial charge in [0.2, 0.25) is 15.9 Å². The van der Waals surface area contributed by atoms with Crippen LogP contribution >= 0.6 is 11.6 Å². The van der Waals surface area contributed by atoms with E-state index in [1.54, 1.807) is 11.0 Å². The number of piperidine rings is 1. The predicted molar refractivity (Wildman–Crippen MR) is 92.8 cm³/mol. The molecule has 1 aliphatic rings. The van der Waals surface area contributed by atoms with E-state index >= 15 is 0 Å². The van der Waals surface area contributed by atoms with Gasteiger partial charge in [0.1, 0.15) is 10.6 Å². The van der Waals surface area contributed by atoms with Gasteiger partial charge in [0.05, 0.1) is 13.7 Å². The number of nitrogens with zero attached hydrogens (tertiary/aromatic N) is 1. The van der Waals surface area contributed by atoms with Crippen molar-refractivity contribution in [3.63, 3.8) is 0 Å². The number of likely N-dealkylation sites (tertiary alicyclic amines) is 1. The summed E-state index contributed by atoms with van der Waals surface area (Å²) in [5.41, 5.74) is 0. The third-order valence-corrected chi connectivity index (χ3v) is 5.90. The summed E-state index contributed by atoms with van der Waals surface area (Å²) in [6, 6.07) is 4.53. The first-order valence-electron chi connectivity index (χ1n) is 8.01. The van der Waals surface area contributed by atoms with E-state index in [1.807, 2.05) is 6.92 Å². The number of hydrogen-bond acceptors (Lipinski definition) is 4. The van der Waals surface area contributed by atoms with E-state index in [0.717, 1.165) is 25.7 Å². The predicted octanol–water partition coefficient (Wildman–Crippen LogP) is 2.42. The number of sulfonamides is 1. The Morgan fingerprint density at radius 3 is 2.83 bits per heavy atom. The van der Waals surface area contributed by atoms with E-state index in [4.69, 9.17) is 16.3 Å². The molecule has 2 rings (SSSR count). The number of nitrogens with one attached hydrogen (secondary N) is 1. The normalized spacial score (nSPS) is 18.5. The average Bonchev–Trinajstić information content (AvgIpc) is 2.59. The first-order chi connectivity index (χ1) is 11.4. The lowest BCUT2D eigenvalue weighted by molar-refractivity contribution is -0.133. The zero-order valence-corrected chi connectivity index (χ0v) is 15.5. The molecule has 6 nitrogen and oxygen atoms in total.